The average Bonchev–Trinajstić information content (AvgIpc) is 3.34. The zero-order valence-corrected chi connectivity index (χ0v) is 13.2. The van der Waals surface area contributed by atoms with E-state index in [4.69, 9.17) is 11.6 Å². The molecule has 1 N–H and O–H groups in total. The molecule has 0 aliphatic heterocycles. The number of nitrogens with zero attached hydrogens (tertiary/aromatic N) is 1. The molecule has 4 nitrogen and oxygen atoms in total. The van der Waals surface area contributed by atoms with Crippen molar-refractivity contribution in [1.29, 1.82) is 0 Å². The summed E-state index contributed by atoms with van der Waals surface area (Å²) in [6, 6.07) is 4.47. The van der Waals surface area contributed by atoms with Gasteiger partial charge >= 0.3 is 0 Å². The fourth-order valence-electron chi connectivity index (χ4n) is 2.26. The normalized spacial score (nSPS) is 13.7. The zero-order chi connectivity index (χ0) is 16.6. The topological polar surface area (TPSA) is 59.1 Å². The lowest BCUT2D eigenvalue weighted by Crippen LogP contribution is -2.25. The number of aldehydes is 1. The van der Waals surface area contributed by atoms with Crippen molar-refractivity contribution in [3.05, 3.63) is 51.9 Å². The summed E-state index contributed by atoms with van der Waals surface area (Å²) >= 11 is 5.87. The van der Waals surface area contributed by atoms with Crippen molar-refractivity contribution >= 4 is 23.8 Å². The number of halogens is 2. The first-order valence-corrected chi connectivity index (χ1v) is 7.59. The molecule has 1 aliphatic rings. The van der Waals surface area contributed by atoms with Crippen molar-refractivity contribution in [2.75, 3.05) is 0 Å². The average molecular weight is 333 g/mol. The second kappa shape index (κ2) is 6.08. The molecular formula is C17H14ClFN2O2. The number of carbonyl (C=O) groups is 2. The van der Waals surface area contributed by atoms with E-state index in [0.29, 0.717) is 23.1 Å². The van der Waals surface area contributed by atoms with Crippen LogP contribution < -0.4 is 5.32 Å². The number of amides is 1. The van der Waals surface area contributed by atoms with Crippen molar-refractivity contribution in [1.82, 2.24) is 10.3 Å². The maximum absolute atomic E-state index is 14.2. The molecule has 0 bridgehead atoms. The summed E-state index contributed by atoms with van der Waals surface area (Å²) in [6.07, 6.45) is 3.86. The molecule has 3 rings (SSSR count). The molecular weight excluding hydrogens is 319 g/mol. The van der Waals surface area contributed by atoms with E-state index in [-0.39, 0.29) is 28.1 Å². The molecule has 1 aromatic heterocycles. The number of aromatic nitrogens is 1. The lowest BCUT2D eigenvalue weighted by atomic mass is 10.00. The largest absolute Gasteiger partial charge is 0.349 e. The minimum absolute atomic E-state index is 0.186. The Bertz CT molecular complexity index is 803. The number of rotatable bonds is 4. The summed E-state index contributed by atoms with van der Waals surface area (Å²) in [5.74, 6) is -0.801. The fourth-order valence-corrected chi connectivity index (χ4v) is 2.41. The van der Waals surface area contributed by atoms with Crippen LogP contribution >= 0.6 is 11.6 Å². The van der Waals surface area contributed by atoms with Crippen LogP contribution in [0, 0.1) is 12.7 Å². The molecule has 1 fully saturated rings. The number of nitrogens with one attached hydrogen (secondary N) is 1. The minimum Gasteiger partial charge on any atom is -0.349 e. The van der Waals surface area contributed by atoms with E-state index in [0.717, 1.165) is 12.8 Å². The quantitative estimate of drug-likeness (QED) is 0.871. The van der Waals surface area contributed by atoms with E-state index in [1.165, 1.54) is 18.3 Å². The van der Waals surface area contributed by atoms with E-state index in [2.05, 4.69) is 10.3 Å². The van der Waals surface area contributed by atoms with Crippen molar-refractivity contribution in [2.24, 2.45) is 0 Å². The summed E-state index contributed by atoms with van der Waals surface area (Å²) in [7, 11) is 0. The van der Waals surface area contributed by atoms with Crippen molar-refractivity contribution in [3.8, 4) is 11.3 Å². The van der Waals surface area contributed by atoms with Gasteiger partial charge in [-0.15, -0.1) is 0 Å². The summed E-state index contributed by atoms with van der Waals surface area (Å²) < 4.78 is 14.2. The second-order valence-corrected chi connectivity index (χ2v) is 5.99. The van der Waals surface area contributed by atoms with Crippen LogP contribution in [0.25, 0.3) is 11.3 Å². The molecule has 1 aromatic carbocycles. The fraction of sp³-hybridized carbons (Fsp3) is 0.235. The number of hydrogen-bond acceptors (Lipinski definition) is 3. The number of benzene rings is 1. The van der Waals surface area contributed by atoms with Crippen LogP contribution in [0.2, 0.25) is 5.02 Å². The summed E-state index contributed by atoms with van der Waals surface area (Å²) in [5.41, 5.74) is 1.73. The van der Waals surface area contributed by atoms with E-state index < -0.39 is 5.82 Å². The molecule has 0 atom stereocenters. The Morgan fingerprint density at radius 1 is 1.39 bits per heavy atom. The summed E-state index contributed by atoms with van der Waals surface area (Å²) in [5, 5.41) is 3.05. The lowest BCUT2D eigenvalue weighted by molar-refractivity contribution is 0.0950. The Labute approximate surface area is 137 Å². The lowest BCUT2D eigenvalue weighted by Gasteiger charge is -2.11. The number of hydrogen-bond donors (Lipinski definition) is 1. The van der Waals surface area contributed by atoms with Crippen LogP contribution in [0.4, 0.5) is 4.39 Å². The van der Waals surface area contributed by atoms with Crippen LogP contribution in [0.1, 0.15) is 39.1 Å². The highest BCUT2D eigenvalue weighted by Gasteiger charge is 2.24. The molecule has 1 aliphatic carbocycles. The van der Waals surface area contributed by atoms with Gasteiger partial charge in [0.15, 0.2) is 6.29 Å². The van der Waals surface area contributed by atoms with Crippen LogP contribution in [0.5, 0.6) is 0 Å². The molecule has 118 valence electrons. The third-order valence-corrected chi connectivity index (χ3v) is 4.12. The maximum atomic E-state index is 14.2. The zero-order valence-electron chi connectivity index (χ0n) is 12.4. The van der Waals surface area contributed by atoms with Gasteiger partial charge in [-0.3, -0.25) is 14.6 Å². The standard InChI is InChI=1S/C17H14ClFN2O2/c1-9-13(16-6-11(8-22)14(18)7-20-16)4-10(5-15(9)19)17(23)21-12-2-3-12/h4-8,12H,2-3H2,1H3,(H,21,23). The Kier molecular flexibility index (Phi) is 4.13. The number of pyridine rings is 1. The van der Waals surface area contributed by atoms with Gasteiger partial charge in [0.05, 0.1) is 10.7 Å². The van der Waals surface area contributed by atoms with Gasteiger partial charge in [0.1, 0.15) is 5.82 Å². The van der Waals surface area contributed by atoms with Gasteiger partial charge in [0, 0.05) is 28.9 Å². The SMILES string of the molecule is Cc1c(F)cc(C(=O)NC2CC2)cc1-c1cc(C=O)c(Cl)cn1. The maximum Gasteiger partial charge on any atom is 0.251 e. The van der Waals surface area contributed by atoms with Gasteiger partial charge in [-0.05, 0) is 43.5 Å². The first kappa shape index (κ1) is 15.6. The molecule has 0 unspecified atom stereocenters. The van der Waals surface area contributed by atoms with E-state index in [1.54, 1.807) is 13.0 Å². The first-order valence-electron chi connectivity index (χ1n) is 7.21. The van der Waals surface area contributed by atoms with Crippen LogP contribution in [0.3, 0.4) is 0 Å². The van der Waals surface area contributed by atoms with Gasteiger partial charge in [0.25, 0.3) is 5.91 Å². The molecule has 2 aromatic rings. The Balaban J connectivity index is 2.05. The van der Waals surface area contributed by atoms with E-state index >= 15 is 0 Å². The molecule has 0 radical (unpaired) electrons. The highest BCUT2D eigenvalue weighted by atomic mass is 35.5. The predicted molar refractivity (Wildman–Crippen MR) is 85.3 cm³/mol. The molecule has 0 saturated heterocycles. The van der Waals surface area contributed by atoms with Crippen molar-refractivity contribution < 1.29 is 14.0 Å². The molecule has 1 amide bonds. The number of carbonyl (C=O) groups excluding carboxylic acids is 2. The van der Waals surface area contributed by atoms with Gasteiger partial charge in [-0.25, -0.2) is 4.39 Å². The highest BCUT2D eigenvalue weighted by molar-refractivity contribution is 6.32. The van der Waals surface area contributed by atoms with Crippen molar-refractivity contribution in [2.45, 2.75) is 25.8 Å². The van der Waals surface area contributed by atoms with Crippen LogP contribution in [-0.2, 0) is 0 Å². The molecule has 6 heteroatoms. The monoisotopic (exact) mass is 332 g/mol. The van der Waals surface area contributed by atoms with Gasteiger partial charge in [0.2, 0.25) is 0 Å². The third kappa shape index (κ3) is 3.24. The van der Waals surface area contributed by atoms with E-state index in [1.807, 2.05) is 0 Å². The summed E-state index contributed by atoms with van der Waals surface area (Å²) in [4.78, 5) is 27.3. The van der Waals surface area contributed by atoms with Crippen molar-refractivity contribution in [3.63, 3.8) is 0 Å². The Hall–Kier alpha value is -2.27. The van der Waals surface area contributed by atoms with E-state index in [9.17, 15) is 14.0 Å². The van der Waals surface area contributed by atoms with Gasteiger partial charge in [-0.2, -0.15) is 0 Å². The smallest absolute Gasteiger partial charge is 0.251 e. The molecule has 23 heavy (non-hydrogen) atoms. The molecule has 1 heterocycles. The molecule has 0 spiro atoms. The minimum atomic E-state index is -0.493. The second-order valence-electron chi connectivity index (χ2n) is 5.59. The van der Waals surface area contributed by atoms with Crippen LogP contribution in [-0.4, -0.2) is 23.2 Å². The Morgan fingerprint density at radius 2 is 2.13 bits per heavy atom. The third-order valence-electron chi connectivity index (χ3n) is 3.81. The predicted octanol–water partition coefficient (Wildman–Crippen LogP) is 3.55. The molecule has 1 saturated carbocycles. The highest BCUT2D eigenvalue weighted by Crippen LogP contribution is 2.28. The van der Waals surface area contributed by atoms with Crippen LogP contribution in [0.15, 0.2) is 24.4 Å². The van der Waals surface area contributed by atoms with Gasteiger partial charge < -0.3 is 5.32 Å². The summed E-state index contributed by atoms with van der Waals surface area (Å²) in [6.45, 7) is 1.60. The Morgan fingerprint density at radius 3 is 2.78 bits per heavy atom. The first-order chi connectivity index (χ1) is 11.0. The van der Waals surface area contributed by atoms with Gasteiger partial charge in [-0.1, -0.05) is 11.6 Å².